The minimum absolute atomic E-state index is 0.305. The highest BCUT2D eigenvalue weighted by atomic mass is 79.9. The predicted octanol–water partition coefficient (Wildman–Crippen LogP) is 3.25. The van der Waals surface area contributed by atoms with Crippen LogP contribution in [0.25, 0.3) is 0 Å². The zero-order chi connectivity index (χ0) is 14.0. The van der Waals surface area contributed by atoms with Gasteiger partial charge in [0.1, 0.15) is 11.6 Å². The van der Waals surface area contributed by atoms with Gasteiger partial charge in [-0.15, -0.1) is 5.10 Å². The maximum Gasteiger partial charge on any atom is 0.243 e. The van der Waals surface area contributed by atoms with E-state index in [0.29, 0.717) is 22.6 Å². The Morgan fingerprint density at radius 2 is 2.05 bits per heavy atom. The summed E-state index contributed by atoms with van der Waals surface area (Å²) in [5, 5.41) is 8.00. The molecule has 0 atom stereocenters. The molecule has 0 aliphatic carbocycles. The maximum atomic E-state index is 13.1. The number of benzene rings is 1. The van der Waals surface area contributed by atoms with Crippen molar-refractivity contribution in [2.75, 3.05) is 0 Å². The topological polar surface area (TPSA) is 61.0 Å². The van der Waals surface area contributed by atoms with E-state index in [-0.39, 0.29) is 5.82 Å². The van der Waals surface area contributed by atoms with Gasteiger partial charge in [0.05, 0.1) is 10.2 Å². The highest BCUT2D eigenvalue weighted by molar-refractivity contribution is 9.10. The Morgan fingerprint density at radius 3 is 2.68 bits per heavy atom. The molecule has 1 heterocycles. The van der Waals surface area contributed by atoms with Crippen molar-refractivity contribution in [1.29, 1.82) is 0 Å². The highest BCUT2D eigenvalue weighted by Gasteiger charge is 2.12. The summed E-state index contributed by atoms with van der Waals surface area (Å²) in [6.07, 6.45) is 0. The quantitative estimate of drug-likeness (QED) is 0.941. The third kappa shape index (κ3) is 2.90. The van der Waals surface area contributed by atoms with E-state index in [2.05, 4.69) is 26.1 Å². The van der Waals surface area contributed by atoms with E-state index in [4.69, 9.17) is 10.5 Å². The molecule has 2 rings (SSSR count). The Balaban J connectivity index is 2.38. The normalized spacial score (nSPS) is 10.6. The summed E-state index contributed by atoms with van der Waals surface area (Å²) in [7, 11) is 0. The van der Waals surface area contributed by atoms with E-state index in [9.17, 15) is 4.39 Å². The van der Waals surface area contributed by atoms with Gasteiger partial charge in [0.2, 0.25) is 5.88 Å². The summed E-state index contributed by atoms with van der Waals surface area (Å²) in [5.41, 5.74) is 8.28. The Kier molecular flexibility index (Phi) is 4.11. The first-order valence-corrected chi connectivity index (χ1v) is 6.48. The standard InChI is InChI=1S/C13H13BrFN3O/c1-7-8(2)17-18-13(10(7)6-16)19-9-3-4-12(15)11(14)5-9/h3-5H,6,16H2,1-2H3. The third-order valence-electron chi connectivity index (χ3n) is 2.85. The van der Waals surface area contributed by atoms with Crippen molar-refractivity contribution in [3.63, 3.8) is 0 Å². The fourth-order valence-corrected chi connectivity index (χ4v) is 1.97. The molecule has 0 aliphatic rings. The minimum atomic E-state index is -0.349. The number of hydrogen-bond acceptors (Lipinski definition) is 4. The molecule has 0 bridgehead atoms. The Labute approximate surface area is 118 Å². The maximum absolute atomic E-state index is 13.1. The van der Waals surface area contributed by atoms with E-state index in [1.54, 1.807) is 0 Å². The molecule has 1 aromatic heterocycles. The van der Waals surface area contributed by atoms with Crippen LogP contribution in [-0.2, 0) is 6.54 Å². The van der Waals surface area contributed by atoms with Crippen LogP contribution in [0.15, 0.2) is 22.7 Å². The second-order valence-electron chi connectivity index (χ2n) is 4.08. The van der Waals surface area contributed by atoms with Crippen molar-refractivity contribution >= 4 is 15.9 Å². The van der Waals surface area contributed by atoms with E-state index in [1.807, 2.05) is 13.8 Å². The van der Waals surface area contributed by atoms with E-state index in [1.165, 1.54) is 18.2 Å². The van der Waals surface area contributed by atoms with Crippen molar-refractivity contribution in [3.05, 3.63) is 45.3 Å². The zero-order valence-corrected chi connectivity index (χ0v) is 12.2. The third-order valence-corrected chi connectivity index (χ3v) is 3.46. The van der Waals surface area contributed by atoms with Crippen LogP contribution in [0.4, 0.5) is 4.39 Å². The number of aromatic nitrogens is 2. The largest absolute Gasteiger partial charge is 0.437 e. The fraction of sp³-hybridized carbons (Fsp3) is 0.231. The summed E-state index contributed by atoms with van der Waals surface area (Å²) in [5.74, 6) is 0.474. The summed E-state index contributed by atoms with van der Waals surface area (Å²) in [4.78, 5) is 0. The summed E-state index contributed by atoms with van der Waals surface area (Å²) < 4.78 is 19.1. The average Bonchev–Trinajstić information content (AvgIpc) is 2.39. The molecule has 0 aliphatic heterocycles. The molecular weight excluding hydrogens is 313 g/mol. The minimum Gasteiger partial charge on any atom is -0.437 e. The summed E-state index contributed by atoms with van der Waals surface area (Å²) in [6.45, 7) is 4.08. The number of nitrogens with two attached hydrogens (primary N) is 1. The first-order valence-electron chi connectivity index (χ1n) is 5.68. The lowest BCUT2D eigenvalue weighted by molar-refractivity contribution is 0.444. The van der Waals surface area contributed by atoms with Crippen molar-refractivity contribution in [1.82, 2.24) is 10.2 Å². The Morgan fingerprint density at radius 1 is 1.32 bits per heavy atom. The first-order chi connectivity index (χ1) is 9.02. The molecule has 0 fully saturated rings. The zero-order valence-electron chi connectivity index (χ0n) is 10.6. The molecule has 6 heteroatoms. The molecule has 0 spiro atoms. The van der Waals surface area contributed by atoms with Gasteiger partial charge >= 0.3 is 0 Å². The molecule has 0 unspecified atom stereocenters. The summed E-state index contributed by atoms with van der Waals surface area (Å²) in [6, 6.07) is 4.37. The lowest BCUT2D eigenvalue weighted by Gasteiger charge is -2.12. The van der Waals surface area contributed by atoms with Crippen LogP contribution < -0.4 is 10.5 Å². The van der Waals surface area contributed by atoms with Gasteiger partial charge in [0, 0.05) is 12.1 Å². The summed E-state index contributed by atoms with van der Waals surface area (Å²) >= 11 is 3.11. The molecule has 0 saturated carbocycles. The van der Waals surface area contributed by atoms with E-state index >= 15 is 0 Å². The van der Waals surface area contributed by atoms with Gasteiger partial charge in [-0.1, -0.05) is 0 Å². The molecule has 2 aromatic rings. The van der Waals surface area contributed by atoms with Gasteiger partial charge in [-0.2, -0.15) is 5.10 Å². The molecule has 1 aromatic carbocycles. The SMILES string of the molecule is Cc1nnc(Oc2ccc(F)c(Br)c2)c(CN)c1C. The molecule has 0 amide bonds. The molecule has 0 saturated heterocycles. The number of halogens is 2. The molecule has 19 heavy (non-hydrogen) atoms. The Hall–Kier alpha value is -1.53. The van der Waals surface area contributed by atoms with E-state index in [0.717, 1.165) is 16.8 Å². The second-order valence-corrected chi connectivity index (χ2v) is 4.93. The number of hydrogen-bond donors (Lipinski definition) is 1. The molecule has 100 valence electrons. The van der Waals surface area contributed by atoms with Gasteiger partial charge < -0.3 is 10.5 Å². The number of aryl methyl sites for hydroxylation is 1. The van der Waals surface area contributed by atoms with Crippen molar-refractivity contribution < 1.29 is 9.13 Å². The highest BCUT2D eigenvalue weighted by Crippen LogP contribution is 2.28. The molecule has 2 N–H and O–H groups in total. The van der Waals surface area contributed by atoms with Gasteiger partial charge in [0.15, 0.2) is 0 Å². The van der Waals surface area contributed by atoms with Crippen LogP contribution in [0.5, 0.6) is 11.6 Å². The number of nitrogens with zero attached hydrogens (tertiary/aromatic N) is 2. The van der Waals surface area contributed by atoms with Gasteiger partial charge in [0.25, 0.3) is 0 Å². The lowest BCUT2D eigenvalue weighted by atomic mass is 10.1. The monoisotopic (exact) mass is 325 g/mol. The van der Waals surface area contributed by atoms with Gasteiger partial charge in [-0.05, 0) is 53.5 Å². The molecular formula is C13H13BrFN3O. The van der Waals surface area contributed by atoms with Crippen LogP contribution in [-0.4, -0.2) is 10.2 Å². The Bertz CT molecular complexity index is 619. The van der Waals surface area contributed by atoms with Crippen molar-refractivity contribution in [3.8, 4) is 11.6 Å². The van der Waals surface area contributed by atoms with Crippen LogP contribution in [0.2, 0.25) is 0 Å². The van der Waals surface area contributed by atoms with Crippen molar-refractivity contribution in [2.45, 2.75) is 20.4 Å². The molecule has 4 nitrogen and oxygen atoms in total. The fourth-order valence-electron chi connectivity index (χ4n) is 1.61. The van der Waals surface area contributed by atoms with Crippen LogP contribution in [0, 0.1) is 19.7 Å². The smallest absolute Gasteiger partial charge is 0.243 e. The number of ether oxygens (including phenoxy) is 1. The first kappa shape index (κ1) is 13.9. The van der Waals surface area contributed by atoms with Gasteiger partial charge in [-0.25, -0.2) is 4.39 Å². The average molecular weight is 326 g/mol. The lowest BCUT2D eigenvalue weighted by Crippen LogP contribution is -2.07. The van der Waals surface area contributed by atoms with Gasteiger partial charge in [-0.3, -0.25) is 0 Å². The van der Waals surface area contributed by atoms with Crippen LogP contribution in [0.1, 0.15) is 16.8 Å². The predicted molar refractivity (Wildman–Crippen MR) is 73.6 cm³/mol. The number of rotatable bonds is 3. The van der Waals surface area contributed by atoms with Crippen LogP contribution >= 0.6 is 15.9 Å². The van der Waals surface area contributed by atoms with Crippen LogP contribution in [0.3, 0.4) is 0 Å². The van der Waals surface area contributed by atoms with E-state index < -0.39 is 0 Å². The molecule has 0 radical (unpaired) electrons. The van der Waals surface area contributed by atoms with Crippen molar-refractivity contribution in [2.24, 2.45) is 5.73 Å². The second kappa shape index (κ2) is 5.63.